The molecule has 0 bridgehead atoms. The van der Waals surface area contributed by atoms with Gasteiger partial charge in [0.1, 0.15) is 0 Å². The Morgan fingerprint density at radius 3 is 2.42 bits per heavy atom. The van der Waals surface area contributed by atoms with Crippen molar-refractivity contribution < 1.29 is 4.74 Å². The summed E-state index contributed by atoms with van der Waals surface area (Å²) >= 11 is 6.06. The average molecular weight is 284 g/mol. The smallest absolute Gasteiger partial charge is 0.0832 e. The van der Waals surface area contributed by atoms with E-state index in [2.05, 4.69) is 32.2 Å². The monoisotopic (exact) mass is 283 g/mol. The third-order valence-electron chi connectivity index (χ3n) is 3.94. The van der Waals surface area contributed by atoms with Crippen molar-refractivity contribution in [1.29, 1.82) is 0 Å². The molecule has 0 amide bonds. The molecule has 1 rings (SSSR count). The lowest BCUT2D eigenvalue weighted by molar-refractivity contribution is -0.0703. The molecule has 0 spiro atoms. The van der Waals surface area contributed by atoms with Crippen molar-refractivity contribution in [3.63, 3.8) is 0 Å². The molecule has 108 valence electrons. The highest BCUT2D eigenvalue weighted by Crippen LogP contribution is 2.27. The van der Waals surface area contributed by atoms with Crippen molar-refractivity contribution in [3.05, 3.63) is 34.9 Å². The van der Waals surface area contributed by atoms with Gasteiger partial charge >= 0.3 is 0 Å². The van der Waals surface area contributed by atoms with Gasteiger partial charge in [-0.3, -0.25) is 0 Å². The van der Waals surface area contributed by atoms with Crippen LogP contribution in [0, 0.1) is 0 Å². The van der Waals surface area contributed by atoms with E-state index in [1.165, 1.54) is 5.56 Å². The van der Waals surface area contributed by atoms with E-state index >= 15 is 0 Å². The minimum atomic E-state index is -0.105. The molecule has 0 fully saturated rings. The SMILES string of the molecule is CCOC(CC)(CC)C(Cc1cccc(Cl)c1)NC. The van der Waals surface area contributed by atoms with Crippen molar-refractivity contribution in [2.24, 2.45) is 0 Å². The van der Waals surface area contributed by atoms with Gasteiger partial charge in [0.15, 0.2) is 0 Å². The van der Waals surface area contributed by atoms with Crippen molar-refractivity contribution >= 4 is 11.6 Å². The topological polar surface area (TPSA) is 21.3 Å². The molecule has 2 nitrogen and oxygen atoms in total. The lowest BCUT2D eigenvalue weighted by atomic mass is 9.84. The lowest BCUT2D eigenvalue weighted by Crippen LogP contribution is -2.52. The predicted octanol–water partition coefficient (Wildman–Crippen LogP) is 4.07. The van der Waals surface area contributed by atoms with Crippen LogP contribution in [0.25, 0.3) is 0 Å². The summed E-state index contributed by atoms with van der Waals surface area (Å²) in [5.41, 5.74) is 1.14. The van der Waals surface area contributed by atoms with Gasteiger partial charge in [0.05, 0.1) is 5.60 Å². The second kappa shape index (κ2) is 7.88. The van der Waals surface area contributed by atoms with E-state index in [-0.39, 0.29) is 5.60 Å². The van der Waals surface area contributed by atoms with Crippen LogP contribution in [0.4, 0.5) is 0 Å². The van der Waals surface area contributed by atoms with E-state index in [0.29, 0.717) is 6.04 Å². The largest absolute Gasteiger partial charge is 0.374 e. The van der Waals surface area contributed by atoms with E-state index in [1.54, 1.807) is 0 Å². The van der Waals surface area contributed by atoms with Crippen molar-refractivity contribution in [2.75, 3.05) is 13.7 Å². The molecular formula is C16H26ClNO. The normalized spacial score (nSPS) is 13.5. The third kappa shape index (κ3) is 4.20. The van der Waals surface area contributed by atoms with Crippen LogP contribution in [0.1, 0.15) is 39.2 Å². The van der Waals surface area contributed by atoms with Crippen LogP contribution in [-0.4, -0.2) is 25.3 Å². The molecule has 0 aliphatic heterocycles. The average Bonchev–Trinajstić information content (AvgIpc) is 2.43. The van der Waals surface area contributed by atoms with Crippen LogP contribution in [-0.2, 0) is 11.2 Å². The summed E-state index contributed by atoms with van der Waals surface area (Å²) in [5, 5.41) is 4.22. The Morgan fingerprint density at radius 1 is 1.26 bits per heavy atom. The molecule has 3 heteroatoms. The molecule has 1 aromatic carbocycles. The quantitative estimate of drug-likeness (QED) is 0.777. The van der Waals surface area contributed by atoms with Crippen LogP contribution in [0.15, 0.2) is 24.3 Å². The Hall–Kier alpha value is -0.570. The number of hydrogen-bond acceptors (Lipinski definition) is 2. The fourth-order valence-electron chi connectivity index (χ4n) is 2.79. The van der Waals surface area contributed by atoms with Gasteiger partial charge in [-0.15, -0.1) is 0 Å². The van der Waals surface area contributed by atoms with Crippen LogP contribution in [0.3, 0.4) is 0 Å². The Kier molecular flexibility index (Phi) is 6.84. The number of ether oxygens (including phenoxy) is 1. The zero-order valence-corrected chi connectivity index (χ0v) is 13.3. The minimum absolute atomic E-state index is 0.105. The molecule has 1 atom stereocenters. The molecule has 1 N–H and O–H groups in total. The van der Waals surface area contributed by atoms with E-state index in [9.17, 15) is 0 Å². The highest BCUT2D eigenvalue weighted by atomic mass is 35.5. The maximum Gasteiger partial charge on any atom is 0.0832 e. The van der Waals surface area contributed by atoms with Gasteiger partial charge in [-0.05, 0) is 50.9 Å². The van der Waals surface area contributed by atoms with E-state index < -0.39 is 0 Å². The second-order valence-electron chi connectivity index (χ2n) is 4.88. The van der Waals surface area contributed by atoms with E-state index in [4.69, 9.17) is 16.3 Å². The molecule has 0 saturated carbocycles. The Labute approximate surface area is 122 Å². The highest BCUT2D eigenvalue weighted by Gasteiger charge is 2.35. The van der Waals surface area contributed by atoms with Gasteiger partial charge in [-0.25, -0.2) is 0 Å². The summed E-state index contributed by atoms with van der Waals surface area (Å²) in [5.74, 6) is 0. The zero-order valence-electron chi connectivity index (χ0n) is 12.5. The van der Waals surface area contributed by atoms with Crippen molar-refractivity contribution in [3.8, 4) is 0 Å². The molecular weight excluding hydrogens is 258 g/mol. The first kappa shape index (κ1) is 16.5. The maximum atomic E-state index is 6.09. The van der Waals surface area contributed by atoms with Gasteiger partial charge in [-0.1, -0.05) is 37.6 Å². The third-order valence-corrected chi connectivity index (χ3v) is 4.18. The van der Waals surface area contributed by atoms with Gasteiger partial charge in [0.2, 0.25) is 0 Å². The first-order valence-electron chi connectivity index (χ1n) is 7.17. The highest BCUT2D eigenvalue weighted by molar-refractivity contribution is 6.30. The predicted molar refractivity (Wildman–Crippen MR) is 82.9 cm³/mol. The zero-order chi connectivity index (χ0) is 14.3. The molecule has 0 aliphatic carbocycles. The Balaban J connectivity index is 2.91. The van der Waals surface area contributed by atoms with Gasteiger partial charge in [-0.2, -0.15) is 0 Å². The summed E-state index contributed by atoms with van der Waals surface area (Å²) in [4.78, 5) is 0. The summed E-state index contributed by atoms with van der Waals surface area (Å²) in [7, 11) is 2.01. The molecule has 1 unspecified atom stereocenters. The van der Waals surface area contributed by atoms with Crippen LogP contribution < -0.4 is 5.32 Å². The number of halogens is 1. The Bertz CT molecular complexity index is 377. The van der Waals surface area contributed by atoms with Gasteiger partial charge in [0, 0.05) is 17.7 Å². The van der Waals surface area contributed by atoms with Crippen LogP contribution in [0.2, 0.25) is 5.02 Å². The molecule has 0 heterocycles. The molecule has 0 aliphatic rings. The molecule has 0 aromatic heterocycles. The summed E-state index contributed by atoms with van der Waals surface area (Å²) in [6, 6.07) is 8.37. The molecule has 0 radical (unpaired) electrons. The fourth-order valence-corrected chi connectivity index (χ4v) is 3.00. The Morgan fingerprint density at radius 2 is 1.95 bits per heavy atom. The second-order valence-corrected chi connectivity index (χ2v) is 5.32. The number of benzene rings is 1. The fraction of sp³-hybridized carbons (Fsp3) is 0.625. The van der Waals surface area contributed by atoms with E-state index in [1.807, 2.05) is 25.2 Å². The lowest BCUT2D eigenvalue weighted by Gasteiger charge is -2.39. The summed E-state index contributed by atoms with van der Waals surface area (Å²) in [6.45, 7) is 7.20. The maximum absolute atomic E-state index is 6.09. The summed E-state index contributed by atoms with van der Waals surface area (Å²) < 4.78 is 6.09. The first-order valence-corrected chi connectivity index (χ1v) is 7.55. The van der Waals surface area contributed by atoms with Crippen LogP contribution in [0.5, 0.6) is 0 Å². The van der Waals surface area contributed by atoms with E-state index in [0.717, 1.165) is 30.9 Å². The number of nitrogens with one attached hydrogen (secondary N) is 1. The number of hydrogen-bond donors (Lipinski definition) is 1. The molecule has 19 heavy (non-hydrogen) atoms. The van der Waals surface area contributed by atoms with Crippen LogP contribution >= 0.6 is 11.6 Å². The minimum Gasteiger partial charge on any atom is -0.374 e. The molecule has 1 aromatic rings. The standard InChI is InChI=1S/C16H26ClNO/c1-5-16(6-2,19-7-3)15(18-4)12-13-9-8-10-14(17)11-13/h8-11,15,18H,5-7,12H2,1-4H3. The van der Waals surface area contributed by atoms with Gasteiger partial charge in [0.25, 0.3) is 0 Å². The molecule has 0 saturated heterocycles. The number of rotatable bonds is 8. The summed E-state index contributed by atoms with van der Waals surface area (Å²) in [6.07, 6.45) is 2.94. The van der Waals surface area contributed by atoms with Crippen molar-refractivity contribution in [1.82, 2.24) is 5.32 Å². The number of likely N-dealkylation sites (N-methyl/N-ethyl adjacent to an activating group) is 1. The van der Waals surface area contributed by atoms with Gasteiger partial charge < -0.3 is 10.1 Å². The van der Waals surface area contributed by atoms with Crippen molar-refractivity contribution in [2.45, 2.75) is 51.7 Å². The first-order chi connectivity index (χ1) is 9.11.